The van der Waals surface area contributed by atoms with Gasteiger partial charge < -0.3 is 9.47 Å². The summed E-state index contributed by atoms with van der Waals surface area (Å²) in [6.07, 6.45) is 0. The largest absolute Gasteiger partial charge is 0.497 e. The molecule has 0 bridgehead atoms. The molecule has 2 heteroatoms. The van der Waals surface area contributed by atoms with Gasteiger partial charge in [0.25, 0.3) is 0 Å². The Morgan fingerprint density at radius 2 is 1.42 bits per heavy atom. The van der Waals surface area contributed by atoms with E-state index in [9.17, 15) is 0 Å². The molecular formula is C22H18O2. The van der Waals surface area contributed by atoms with Crippen molar-refractivity contribution in [2.75, 3.05) is 14.2 Å². The summed E-state index contributed by atoms with van der Waals surface area (Å²) in [5, 5.41) is 4.97. The van der Waals surface area contributed by atoms with Gasteiger partial charge in [0.15, 0.2) is 0 Å². The van der Waals surface area contributed by atoms with Crippen LogP contribution >= 0.6 is 0 Å². The SMILES string of the molecule is COc1ccc(OC)c(-c2cccc3c2ccc2ccccc23)c1. The number of hydrogen-bond acceptors (Lipinski definition) is 2. The molecule has 4 rings (SSSR count). The minimum absolute atomic E-state index is 0.823. The summed E-state index contributed by atoms with van der Waals surface area (Å²) >= 11 is 0. The fraction of sp³-hybridized carbons (Fsp3) is 0.0909. The van der Waals surface area contributed by atoms with E-state index in [1.54, 1.807) is 14.2 Å². The van der Waals surface area contributed by atoms with E-state index >= 15 is 0 Å². The van der Waals surface area contributed by atoms with Gasteiger partial charge in [0.2, 0.25) is 0 Å². The van der Waals surface area contributed by atoms with Crippen LogP contribution in [0.5, 0.6) is 11.5 Å². The molecule has 0 radical (unpaired) electrons. The minimum atomic E-state index is 0.823. The van der Waals surface area contributed by atoms with E-state index in [4.69, 9.17) is 9.47 Å². The Bertz CT molecular complexity index is 1030. The molecule has 4 aromatic rings. The van der Waals surface area contributed by atoms with Gasteiger partial charge in [-0.15, -0.1) is 0 Å². The smallest absolute Gasteiger partial charge is 0.126 e. The minimum Gasteiger partial charge on any atom is -0.497 e. The highest BCUT2D eigenvalue weighted by Crippen LogP contribution is 2.39. The number of methoxy groups -OCH3 is 2. The maximum atomic E-state index is 5.58. The Labute approximate surface area is 141 Å². The Morgan fingerprint density at radius 3 is 2.25 bits per heavy atom. The van der Waals surface area contributed by atoms with Gasteiger partial charge in [0.1, 0.15) is 11.5 Å². The zero-order valence-corrected chi connectivity index (χ0v) is 13.7. The van der Waals surface area contributed by atoms with Gasteiger partial charge in [-0.3, -0.25) is 0 Å². The molecule has 24 heavy (non-hydrogen) atoms. The third-order valence-electron chi connectivity index (χ3n) is 4.48. The Hall–Kier alpha value is -3.00. The van der Waals surface area contributed by atoms with E-state index < -0.39 is 0 Å². The highest BCUT2D eigenvalue weighted by molar-refractivity contribution is 6.12. The predicted octanol–water partition coefficient (Wildman–Crippen LogP) is 5.68. The first-order valence-corrected chi connectivity index (χ1v) is 7.94. The molecule has 0 saturated carbocycles. The van der Waals surface area contributed by atoms with E-state index in [2.05, 4.69) is 54.6 Å². The van der Waals surface area contributed by atoms with E-state index in [1.807, 2.05) is 18.2 Å². The van der Waals surface area contributed by atoms with Crippen LogP contribution in [0.3, 0.4) is 0 Å². The molecule has 0 atom stereocenters. The molecule has 0 aromatic heterocycles. The van der Waals surface area contributed by atoms with Crippen LogP contribution in [0.2, 0.25) is 0 Å². The van der Waals surface area contributed by atoms with Crippen LogP contribution < -0.4 is 9.47 Å². The summed E-state index contributed by atoms with van der Waals surface area (Å²) in [7, 11) is 3.38. The average Bonchev–Trinajstić information content (AvgIpc) is 2.66. The summed E-state index contributed by atoms with van der Waals surface area (Å²) in [5.41, 5.74) is 2.19. The molecule has 0 N–H and O–H groups in total. The normalized spacial score (nSPS) is 10.9. The molecule has 4 aromatic carbocycles. The van der Waals surface area contributed by atoms with E-state index in [0.29, 0.717) is 0 Å². The van der Waals surface area contributed by atoms with Crippen molar-refractivity contribution in [3.8, 4) is 22.6 Å². The standard InChI is InChI=1S/C22H18O2/c1-23-16-11-13-22(24-2)21(14-16)19-9-5-8-18-17-7-4-3-6-15(17)10-12-20(18)19/h3-14H,1-2H3. The lowest BCUT2D eigenvalue weighted by atomic mass is 9.94. The molecule has 0 aliphatic heterocycles. The average molecular weight is 314 g/mol. The Kier molecular flexibility index (Phi) is 3.58. The monoisotopic (exact) mass is 314 g/mol. The van der Waals surface area contributed by atoms with Crippen molar-refractivity contribution in [1.29, 1.82) is 0 Å². The topological polar surface area (TPSA) is 18.5 Å². The summed E-state index contributed by atoms with van der Waals surface area (Å²) < 4.78 is 11.0. The zero-order valence-electron chi connectivity index (χ0n) is 13.7. The first-order valence-electron chi connectivity index (χ1n) is 7.94. The van der Waals surface area contributed by atoms with Crippen LogP contribution in [0.15, 0.2) is 72.8 Å². The molecule has 0 amide bonds. The number of rotatable bonds is 3. The molecule has 0 unspecified atom stereocenters. The summed E-state index contributed by atoms with van der Waals surface area (Å²) in [6.45, 7) is 0. The Morgan fingerprint density at radius 1 is 0.583 bits per heavy atom. The zero-order chi connectivity index (χ0) is 16.5. The van der Waals surface area contributed by atoms with Gasteiger partial charge >= 0.3 is 0 Å². The first-order chi connectivity index (χ1) is 11.8. The lowest BCUT2D eigenvalue weighted by Gasteiger charge is -2.14. The van der Waals surface area contributed by atoms with Gasteiger partial charge in [0, 0.05) is 5.56 Å². The lowest BCUT2D eigenvalue weighted by molar-refractivity contribution is 0.404. The highest BCUT2D eigenvalue weighted by Gasteiger charge is 2.12. The van der Waals surface area contributed by atoms with Crippen molar-refractivity contribution in [3.63, 3.8) is 0 Å². The molecule has 0 spiro atoms. The molecule has 0 heterocycles. The first kappa shape index (κ1) is 14.6. The van der Waals surface area contributed by atoms with Crippen LogP contribution in [0.4, 0.5) is 0 Å². The highest BCUT2D eigenvalue weighted by atomic mass is 16.5. The Balaban J connectivity index is 2.06. The van der Waals surface area contributed by atoms with Crippen molar-refractivity contribution in [2.45, 2.75) is 0 Å². The van der Waals surface area contributed by atoms with Gasteiger partial charge in [-0.1, -0.05) is 54.6 Å². The van der Waals surface area contributed by atoms with Crippen molar-refractivity contribution < 1.29 is 9.47 Å². The third-order valence-corrected chi connectivity index (χ3v) is 4.48. The quantitative estimate of drug-likeness (QED) is 0.453. The van der Waals surface area contributed by atoms with Crippen LogP contribution in [-0.4, -0.2) is 14.2 Å². The summed E-state index contributed by atoms with van der Waals surface area (Å²) in [4.78, 5) is 0. The van der Waals surface area contributed by atoms with E-state index in [0.717, 1.165) is 22.6 Å². The van der Waals surface area contributed by atoms with Crippen molar-refractivity contribution in [3.05, 3.63) is 72.8 Å². The molecule has 0 aliphatic carbocycles. The second-order valence-electron chi connectivity index (χ2n) is 5.75. The molecule has 0 fully saturated rings. The second kappa shape index (κ2) is 5.89. The van der Waals surface area contributed by atoms with Gasteiger partial charge in [-0.25, -0.2) is 0 Å². The predicted molar refractivity (Wildman–Crippen MR) is 100.0 cm³/mol. The second-order valence-corrected chi connectivity index (χ2v) is 5.75. The molecular weight excluding hydrogens is 296 g/mol. The van der Waals surface area contributed by atoms with Gasteiger partial charge in [-0.05, 0) is 45.3 Å². The number of ether oxygens (including phenoxy) is 2. The van der Waals surface area contributed by atoms with Crippen molar-refractivity contribution in [2.24, 2.45) is 0 Å². The van der Waals surface area contributed by atoms with Crippen molar-refractivity contribution in [1.82, 2.24) is 0 Å². The van der Waals surface area contributed by atoms with E-state index in [-0.39, 0.29) is 0 Å². The molecule has 0 aliphatic rings. The third kappa shape index (κ3) is 2.28. The van der Waals surface area contributed by atoms with Crippen LogP contribution in [0.25, 0.3) is 32.7 Å². The summed E-state index contributed by atoms with van der Waals surface area (Å²) in [6, 6.07) is 25.1. The number of hydrogen-bond donors (Lipinski definition) is 0. The van der Waals surface area contributed by atoms with Gasteiger partial charge in [-0.2, -0.15) is 0 Å². The van der Waals surface area contributed by atoms with Crippen LogP contribution in [-0.2, 0) is 0 Å². The van der Waals surface area contributed by atoms with E-state index in [1.165, 1.54) is 21.5 Å². The summed E-state index contributed by atoms with van der Waals surface area (Å²) in [5.74, 6) is 1.67. The van der Waals surface area contributed by atoms with Crippen LogP contribution in [0, 0.1) is 0 Å². The van der Waals surface area contributed by atoms with Gasteiger partial charge in [0.05, 0.1) is 14.2 Å². The maximum absolute atomic E-state index is 5.58. The fourth-order valence-electron chi connectivity index (χ4n) is 3.30. The lowest BCUT2D eigenvalue weighted by Crippen LogP contribution is -1.91. The van der Waals surface area contributed by atoms with Crippen LogP contribution in [0.1, 0.15) is 0 Å². The molecule has 0 saturated heterocycles. The molecule has 2 nitrogen and oxygen atoms in total. The van der Waals surface area contributed by atoms with Crippen molar-refractivity contribution >= 4 is 21.5 Å². The number of benzene rings is 4. The molecule has 118 valence electrons. The number of fused-ring (bicyclic) bond motifs is 3. The fourth-order valence-corrected chi connectivity index (χ4v) is 3.30. The maximum Gasteiger partial charge on any atom is 0.126 e.